The zero-order valence-electron chi connectivity index (χ0n) is 20.9. The fourth-order valence-corrected chi connectivity index (χ4v) is 6.53. The van der Waals surface area contributed by atoms with E-state index in [0.717, 1.165) is 39.0 Å². The van der Waals surface area contributed by atoms with Crippen molar-refractivity contribution in [2.45, 2.75) is 62.4 Å². The number of benzene rings is 3. The van der Waals surface area contributed by atoms with Gasteiger partial charge >= 0.3 is 0 Å². The molecular formula is C32H36HoNO2-. The first kappa shape index (κ1) is 27.4. The number of hydrogen-bond acceptors (Lipinski definition) is 3. The van der Waals surface area contributed by atoms with Crippen LogP contribution in [0.15, 0.2) is 72.8 Å². The standard InChI is InChI=1S/C31H34NO.CH2O.Ho/c1-2-8-24(9-3-1)29-17-14-25-10-4-5-11-28(25)30(29)26-12-15-27(16-13-26)32-21-19-31(20-22-32)18-6-7-23-33-31;1-2;/h1-3,5,8-13,15-16,29-30H,6-7,14,17-23H2;1H2;/q-1;;. The molecule has 0 bridgehead atoms. The van der Waals surface area contributed by atoms with Gasteiger partial charge in [0, 0.05) is 63.1 Å². The predicted octanol–water partition coefficient (Wildman–Crippen LogP) is 6.70. The Labute approximate surface area is 246 Å². The van der Waals surface area contributed by atoms with Gasteiger partial charge in [-0.1, -0.05) is 55.3 Å². The smallest absolute Gasteiger partial charge is 0.106 e. The van der Waals surface area contributed by atoms with Crippen molar-refractivity contribution in [3.8, 4) is 0 Å². The van der Waals surface area contributed by atoms with Gasteiger partial charge in [-0.2, -0.15) is 29.8 Å². The topological polar surface area (TPSA) is 29.5 Å². The Kier molecular flexibility index (Phi) is 9.69. The van der Waals surface area contributed by atoms with Crippen molar-refractivity contribution in [3.63, 3.8) is 0 Å². The summed E-state index contributed by atoms with van der Waals surface area (Å²) in [6.07, 6.45) is 8.47. The number of nitrogens with zero attached hydrogens (tertiary/aromatic N) is 1. The van der Waals surface area contributed by atoms with E-state index in [0.29, 0.717) is 11.8 Å². The molecule has 1 radical (unpaired) electrons. The van der Waals surface area contributed by atoms with Crippen LogP contribution in [0, 0.1) is 43.8 Å². The molecule has 36 heavy (non-hydrogen) atoms. The number of carbonyl (C=O) groups is 1. The van der Waals surface area contributed by atoms with Crippen LogP contribution in [0.2, 0.25) is 0 Å². The third-order valence-electron chi connectivity index (χ3n) is 8.40. The number of carbonyl (C=O) groups excluding carboxylic acids is 1. The number of hydrogen-bond donors (Lipinski definition) is 0. The molecule has 2 saturated heterocycles. The number of anilines is 1. The third-order valence-corrected chi connectivity index (χ3v) is 8.40. The zero-order valence-corrected chi connectivity index (χ0v) is 22.9. The summed E-state index contributed by atoms with van der Waals surface area (Å²) in [6, 6.07) is 30.5. The van der Waals surface area contributed by atoms with Crippen LogP contribution >= 0.6 is 0 Å². The van der Waals surface area contributed by atoms with Gasteiger partial charge in [-0.3, -0.25) is 0 Å². The third kappa shape index (κ3) is 5.75. The number of ether oxygens (including phenoxy) is 1. The van der Waals surface area contributed by atoms with E-state index >= 15 is 0 Å². The minimum atomic E-state index is 0. The summed E-state index contributed by atoms with van der Waals surface area (Å²) in [5, 5.41) is 0. The molecule has 1 aliphatic carbocycles. The van der Waals surface area contributed by atoms with Crippen LogP contribution in [-0.4, -0.2) is 32.1 Å². The molecule has 4 heteroatoms. The Morgan fingerprint density at radius 3 is 2.33 bits per heavy atom. The number of fused-ring (bicyclic) bond motifs is 1. The molecule has 2 aliphatic heterocycles. The minimum Gasteiger partial charge on any atom is -0.375 e. The summed E-state index contributed by atoms with van der Waals surface area (Å²) < 4.78 is 6.25. The van der Waals surface area contributed by atoms with Gasteiger partial charge in [0.25, 0.3) is 0 Å². The average molecular weight is 632 g/mol. The number of piperidine rings is 1. The van der Waals surface area contributed by atoms with Crippen molar-refractivity contribution in [3.05, 3.63) is 101 Å². The fraction of sp³-hybridized carbons (Fsp3) is 0.406. The number of aryl methyl sites for hydroxylation is 1. The van der Waals surface area contributed by atoms with E-state index in [-0.39, 0.29) is 43.3 Å². The minimum absolute atomic E-state index is 0. The molecule has 6 rings (SSSR count). The second-order valence-electron chi connectivity index (χ2n) is 10.2. The van der Waals surface area contributed by atoms with Gasteiger partial charge in [-0.15, -0.1) is 5.56 Å². The van der Waals surface area contributed by atoms with Crippen molar-refractivity contribution in [1.82, 2.24) is 0 Å². The molecule has 0 saturated carbocycles. The van der Waals surface area contributed by atoms with Gasteiger partial charge in [0.2, 0.25) is 0 Å². The quantitative estimate of drug-likeness (QED) is 0.238. The van der Waals surface area contributed by atoms with Crippen molar-refractivity contribution in [2.24, 2.45) is 0 Å². The SMILES string of the molecule is C=O.[Ho].[c-]1ccc2c(c1)CCC(c1ccccc1)C2c1ccc(N2CCC3(CCCCO3)CC2)cc1. The maximum absolute atomic E-state index is 8.00. The summed E-state index contributed by atoms with van der Waals surface area (Å²) >= 11 is 0. The normalized spacial score (nSPS) is 22.5. The summed E-state index contributed by atoms with van der Waals surface area (Å²) in [7, 11) is 0. The summed E-state index contributed by atoms with van der Waals surface area (Å²) in [5.41, 5.74) is 7.37. The molecule has 2 unspecified atom stereocenters. The maximum Gasteiger partial charge on any atom is 0.106 e. The van der Waals surface area contributed by atoms with Crippen molar-refractivity contribution >= 4 is 12.5 Å². The molecule has 3 aromatic rings. The van der Waals surface area contributed by atoms with E-state index in [1.165, 1.54) is 53.6 Å². The molecule has 3 aliphatic rings. The first-order chi connectivity index (χ1) is 17.3. The molecular weight excluding hydrogens is 595 g/mol. The van der Waals surface area contributed by atoms with Crippen LogP contribution in [0.3, 0.4) is 0 Å². The fourth-order valence-electron chi connectivity index (χ4n) is 6.53. The van der Waals surface area contributed by atoms with Gasteiger partial charge in [0.05, 0.1) is 5.60 Å². The molecule has 193 valence electrons. The molecule has 0 N–H and O–H groups in total. The van der Waals surface area contributed by atoms with E-state index < -0.39 is 0 Å². The summed E-state index contributed by atoms with van der Waals surface area (Å²) in [4.78, 5) is 10.6. The van der Waals surface area contributed by atoms with Crippen molar-refractivity contribution in [1.29, 1.82) is 0 Å². The Morgan fingerprint density at radius 2 is 1.64 bits per heavy atom. The van der Waals surface area contributed by atoms with E-state index in [1.54, 1.807) is 0 Å². The van der Waals surface area contributed by atoms with Crippen LogP contribution in [0.4, 0.5) is 5.69 Å². The van der Waals surface area contributed by atoms with Crippen LogP contribution in [0.1, 0.15) is 72.6 Å². The van der Waals surface area contributed by atoms with E-state index in [4.69, 9.17) is 9.53 Å². The Bertz CT molecular complexity index is 1080. The predicted molar refractivity (Wildman–Crippen MR) is 142 cm³/mol. The number of rotatable bonds is 3. The van der Waals surface area contributed by atoms with Crippen LogP contribution < -0.4 is 4.90 Å². The Morgan fingerprint density at radius 1 is 0.889 bits per heavy atom. The van der Waals surface area contributed by atoms with Crippen molar-refractivity contribution < 1.29 is 47.3 Å². The molecule has 0 aromatic heterocycles. The van der Waals surface area contributed by atoms with Crippen molar-refractivity contribution in [2.75, 3.05) is 24.6 Å². The van der Waals surface area contributed by atoms with Gasteiger partial charge in [-0.25, -0.2) is 0 Å². The van der Waals surface area contributed by atoms with E-state index in [1.807, 2.05) is 6.79 Å². The van der Waals surface area contributed by atoms with E-state index in [2.05, 4.69) is 83.8 Å². The first-order valence-electron chi connectivity index (χ1n) is 13.1. The molecule has 2 fully saturated rings. The van der Waals surface area contributed by atoms with Crippen LogP contribution in [0.5, 0.6) is 0 Å². The van der Waals surface area contributed by atoms with E-state index in [9.17, 15) is 0 Å². The monoisotopic (exact) mass is 631 g/mol. The van der Waals surface area contributed by atoms with Gasteiger partial charge in [-0.05, 0) is 67.2 Å². The first-order valence-corrected chi connectivity index (χ1v) is 13.1. The average Bonchev–Trinajstić information content (AvgIpc) is 2.95. The van der Waals surface area contributed by atoms with Crippen LogP contribution in [0.25, 0.3) is 0 Å². The van der Waals surface area contributed by atoms with Crippen LogP contribution in [-0.2, 0) is 16.0 Å². The van der Waals surface area contributed by atoms with Gasteiger partial charge < -0.3 is 14.4 Å². The molecule has 3 aromatic carbocycles. The second-order valence-corrected chi connectivity index (χ2v) is 10.2. The molecule has 3 nitrogen and oxygen atoms in total. The summed E-state index contributed by atoms with van der Waals surface area (Å²) in [5.74, 6) is 0.922. The summed E-state index contributed by atoms with van der Waals surface area (Å²) in [6.45, 7) is 5.17. The zero-order chi connectivity index (χ0) is 24.1. The molecule has 2 heterocycles. The molecule has 2 atom stereocenters. The second kappa shape index (κ2) is 12.7. The Hall–Kier alpha value is -1.65. The largest absolute Gasteiger partial charge is 0.375 e. The molecule has 0 amide bonds. The molecule has 1 spiro atoms. The van der Waals surface area contributed by atoms with Gasteiger partial charge in [0.1, 0.15) is 6.79 Å². The maximum atomic E-state index is 8.00. The Balaban J connectivity index is 0.000000990. The van der Waals surface area contributed by atoms with Gasteiger partial charge in [0.15, 0.2) is 0 Å².